The lowest BCUT2D eigenvalue weighted by Crippen LogP contribution is -2.19. The Balaban J connectivity index is 1.52. The fraction of sp³-hybridized carbons (Fsp3) is 0.333. The summed E-state index contributed by atoms with van der Waals surface area (Å²) in [4.78, 5) is 14.3. The number of fused-ring (bicyclic) bond motifs is 4. The molecule has 0 aliphatic carbocycles. The van der Waals surface area contributed by atoms with Gasteiger partial charge in [-0.1, -0.05) is 0 Å². The zero-order valence-electron chi connectivity index (χ0n) is 22.6. The number of halogens is 3. The smallest absolute Gasteiger partial charge is 0.387 e. The molecule has 14 heteroatoms. The van der Waals surface area contributed by atoms with Gasteiger partial charge in [-0.05, 0) is 49.2 Å². The van der Waals surface area contributed by atoms with Crippen LogP contribution in [-0.4, -0.2) is 51.4 Å². The highest BCUT2D eigenvalue weighted by atomic mass is 19.3. The van der Waals surface area contributed by atoms with Crippen LogP contribution in [-0.2, 0) is 37.1 Å². The summed E-state index contributed by atoms with van der Waals surface area (Å²) in [6.07, 6.45) is 2.87. The molecule has 3 aromatic heterocycles. The van der Waals surface area contributed by atoms with Gasteiger partial charge in [0.1, 0.15) is 29.6 Å². The fourth-order valence-corrected chi connectivity index (χ4v) is 4.97. The van der Waals surface area contributed by atoms with E-state index in [1.54, 1.807) is 44.5 Å². The van der Waals surface area contributed by atoms with Crippen molar-refractivity contribution in [1.29, 1.82) is 0 Å². The van der Waals surface area contributed by atoms with Crippen molar-refractivity contribution in [3.8, 4) is 28.3 Å². The van der Waals surface area contributed by atoms with E-state index in [2.05, 4.69) is 30.4 Å². The summed E-state index contributed by atoms with van der Waals surface area (Å²) in [5.41, 5.74) is 2.30. The fourth-order valence-electron chi connectivity index (χ4n) is 4.97. The molecule has 0 bridgehead atoms. The van der Waals surface area contributed by atoms with Crippen LogP contribution in [0.15, 0.2) is 30.6 Å². The first kappa shape index (κ1) is 26.8. The van der Waals surface area contributed by atoms with E-state index in [-0.39, 0.29) is 36.9 Å². The summed E-state index contributed by atoms with van der Waals surface area (Å²) in [5, 5.41) is 22.5. The van der Waals surface area contributed by atoms with Gasteiger partial charge in [-0.2, -0.15) is 13.6 Å². The van der Waals surface area contributed by atoms with Crippen molar-refractivity contribution in [3.05, 3.63) is 64.7 Å². The molecule has 1 N–H and O–H groups in total. The van der Waals surface area contributed by atoms with Crippen LogP contribution in [0.2, 0.25) is 0 Å². The Morgan fingerprint density at radius 1 is 1.07 bits per heavy atom. The number of aryl methyl sites for hydroxylation is 2. The van der Waals surface area contributed by atoms with Crippen molar-refractivity contribution < 1.29 is 27.8 Å². The van der Waals surface area contributed by atoms with Gasteiger partial charge < -0.3 is 19.1 Å². The normalized spacial score (nSPS) is 13.7. The molecule has 4 heterocycles. The van der Waals surface area contributed by atoms with E-state index in [1.807, 2.05) is 0 Å². The van der Waals surface area contributed by atoms with Crippen molar-refractivity contribution in [2.24, 2.45) is 7.05 Å². The van der Waals surface area contributed by atoms with Crippen molar-refractivity contribution in [2.75, 3.05) is 0 Å². The van der Waals surface area contributed by atoms with Crippen LogP contribution in [0.1, 0.15) is 42.2 Å². The molecule has 0 radical (unpaired) electrons. The molecular weight excluding hydrogens is 541 g/mol. The minimum atomic E-state index is -3.06. The van der Waals surface area contributed by atoms with Gasteiger partial charge in [0.15, 0.2) is 5.82 Å². The summed E-state index contributed by atoms with van der Waals surface area (Å²) in [5.74, 6) is 0.465. The molecule has 1 aliphatic rings. The molecule has 0 saturated heterocycles. The molecular formula is C27H25F3N8O3. The first-order chi connectivity index (χ1) is 19.5. The number of hydrogen-bond donors (Lipinski definition) is 1. The molecule has 6 rings (SSSR count). The Labute approximate surface area is 231 Å². The average molecular weight is 567 g/mol. The highest BCUT2D eigenvalue weighted by Gasteiger charge is 2.27. The summed E-state index contributed by atoms with van der Waals surface area (Å²) >= 11 is 0. The third-order valence-electron chi connectivity index (χ3n) is 6.86. The standard InChI is InChI=1S/C27H25F3N8O3/c1-13-5-16(24-34-36-37(4)35-24)18-11-40-12-22-33-20-7-19(28)15(14-8-31-25(32-9-14)27(2,3)39)6-21(20)38(22)10-17(18)23(13)41-26(29)30/h5-9,26,39H,10-12H2,1-4H3. The van der Waals surface area contributed by atoms with E-state index < -0.39 is 18.0 Å². The van der Waals surface area contributed by atoms with Gasteiger partial charge in [0, 0.05) is 40.7 Å². The molecule has 5 aromatic rings. The summed E-state index contributed by atoms with van der Waals surface area (Å²) in [7, 11) is 1.63. The average Bonchev–Trinajstić information content (AvgIpc) is 3.47. The Bertz CT molecular complexity index is 1780. The van der Waals surface area contributed by atoms with Crippen LogP contribution in [0.3, 0.4) is 0 Å². The molecule has 0 fully saturated rings. The Morgan fingerprint density at radius 2 is 1.83 bits per heavy atom. The van der Waals surface area contributed by atoms with Crippen molar-refractivity contribution in [1.82, 2.24) is 39.7 Å². The van der Waals surface area contributed by atoms with Crippen LogP contribution in [0.25, 0.3) is 33.5 Å². The van der Waals surface area contributed by atoms with E-state index in [4.69, 9.17) is 9.47 Å². The highest BCUT2D eigenvalue weighted by Crippen LogP contribution is 2.39. The predicted molar refractivity (Wildman–Crippen MR) is 139 cm³/mol. The summed E-state index contributed by atoms with van der Waals surface area (Å²) in [6, 6.07) is 4.59. The van der Waals surface area contributed by atoms with Gasteiger partial charge in [-0.15, -0.1) is 10.2 Å². The van der Waals surface area contributed by atoms with Crippen molar-refractivity contribution >= 4 is 11.0 Å². The first-order valence-corrected chi connectivity index (χ1v) is 12.7. The van der Waals surface area contributed by atoms with Gasteiger partial charge in [-0.25, -0.2) is 19.3 Å². The molecule has 1 aliphatic heterocycles. The maximum atomic E-state index is 15.3. The summed E-state index contributed by atoms with van der Waals surface area (Å²) in [6.45, 7) is 1.93. The lowest BCUT2D eigenvalue weighted by atomic mass is 9.95. The van der Waals surface area contributed by atoms with Gasteiger partial charge in [0.25, 0.3) is 0 Å². The largest absolute Gasteiger partial charge is 0.434 e. The van der Waals surface area contributed by atoms with Gasteiger partial charge in [0.05, 0.1) is 31.2 Å². The van der Waals surface area contributed by atoms with Crippen LogP contribution in [0.5, 0.6) is 5.75 Å². The second kappa shape index (κ2) is 9.89. The number of ether oxygens (including phenoxy) is 2. The molecule has 0 saturated carbocycles. The maximum Gasteiger partial charge on any atom is 0.387 e. The van der Waals surface area contributed by atoms with E-state index in [0.29, 0.717) is 50.5 Å². The van der Waals surface area contributed by atoms with Crippen LogP contribution >= 0.6 is 0 Å². The topological polar surface area (TPSA) is 126 Å². The number of nitrogens with zero attached hydrogens (tertiary/aromatic N) is 8. The van der Waals surface area contributed by atoms with Crippen molar-refractivity contribution in [2.45, 2.75) is 52.7 Å². The third kappa shape index (κ3) is 4.89. The quantitative estimate of drug-likeness (QED) is 0.335. The Hall–Kier alpha value is -4.43. The minimum absolute atomic E-state index is 0.0129. The number of tetrazole rings is 1. The van der Waals surface area contributed by atoms with Crippen LogP contribution < -0.4 is 4.74 Å². The lowest BCUT2D eigenvalue weighted by Gasteiger charge is -2.23. The predicted octanol–water partition coefficient (Wildman–Crippen LogP) is 4.04. The molecule has 0 atom stereocenters. The summed E-state index contributed by atoms with van der Waals surface area (Å²) < 4.78 is 55.2. The second-order valence-electron chi connectivity index (χ2n) is 10.3. The number of rotatable bonds is 5. The van der Waals surface area contributed by atoms with E-state index in [9.17, 15) is 13.9 Å². The zero-order chi connectivity index (χ0) is 29.1. The molecule has 0 unspecified atom stereocenters. The maximum absolute atomic E-state index is 15.3. The molecule has 0 spiro atoms. The molecule has 2 aromatic carbocycles. The van der Waals surface area contributed by atoms with Crippen LogP contribution in [0.4, 0.5) is 13.2 Å². The number of benzene rings is 2. The first-order valence-electron chi connectivity index (χ1n) is 12.7. The SMILES string of the molecule is Cc1cc(-c2nnn(C)n2)c2c(c1OC(F)F)Cn1c(nc3cc(F)c(-c4cnc(C(C)(C)O)nc4)cc31)COC2. The zero-order valence-corrected chi connectivity index (χ0v) is 22.6. The molecule has 0 amide bonds. The monoisotopic (exact) mass is 566 g/mol. The highest BCUT2D eigenvalue weighted by molar-refractivity contribution is 5.83. The van der Waals surface area contributed by atoms with Crippen LogP contribution in [0, 0.1) is 12.7 Å². The minimum Gasteiger partial charge on any atom is -0.434 e. The van der Waals surface area contributed by atoms with E-state index >= 15 is 4.39 Å². The van der Waals surface area contributed by atoms with Gasteiger partial charge in [-0.3, -0.25) is 0 Å². The molecule has 11 nitrogen and oxygen atoms in total. The second-order valence-corrected chi connectivity index (χ2v) is 10.3. The van der Waals surface area contributed by atoms with Gasteiger partial charge in [0.2, 0.25) is 5.82 Å². The Kier molecular flexibility index (Phi) is 6.46. The lowest BCUT2D eigenvalue weighted by molar-refractivity contribution is -0.0511. The van der Waals surface area contributed by atoms with E-state index in [1.165, 1.54) is 23.3 Å². The van der Waals surface area contributed by atoms with Gasteiger partial charge >= 0.3 is 6.61 Å². The molecule has 41 heavy (non-hydrogen) atoms. The third-order valence-corrected chi connectivity index (χ3v) is 6.86. The van der Waals surface area contributed by atoms with Crippen molar-refractivity contribution in [3.63, 3.8) is 0 Å². The molecule has 212 valence electrons. The Morgan fingerprint density at radius 3 is 2.49 bits per heavy atom. The number of hydrogen-bond acceptors (Lipinski definition) is 9. The van der Waals surface area contributed by atoms with E-state index in [0.717, 1.165) is 0 Å². The number of aromatic nitrogens is 8. The number of aliphatic hydroxyl groups is 1. The number of imidazole rings is 1. The number of alkyl halides is 2.